The summed E-state index contributed by atoms with van der Waals surface area (Å²) in [4.78, 5) is 18.2. The SMILES string of the molecule is NCc1ccc(C(=O)NCCc2nc3c(s2)CCCC3)cc1. The van der Waals surface area contributed by atoms with Gasteiger partial charge in [-0.1, -0.05) is 12.1 Å². The van der Waals surface area contributed by atoms with Gasteiger partial charge in [-0.2, -0.15) is 0 Å². The van der Waals surface area contributed by atoms with E-state index in [9.17, 15) is 4.79 Å². The van der Waals surface area contributed by atoms with Crippen LogP contribution in [0.25, 0.3) is 0 Å². The van der Waals surface area contributed by atoms with Gasteiger partial charge in [-0.05, 0) is 43.4 Å². The standard InChI is InChI=1S/C17H21N3OS/c18-11-12-5-7-13(8-6-12)17(21)19-10-9-16-20-14-3-1-2-4-15(14)22-16/h5-8H,1-4,9-11,18H2,(H,19,21). The molecule has 1 aromatic heterocycles. The number of thiazole rings is 1. The molecule has 22 heavy (non-hydrogen) atoms. The number of rotatable bonds is 5. The molecule has 0 fully saturated rings. The molecule has 0 saturated heterocycles. The Labute approximate surface area is 134 Å². The Morgan fingerprint density at radius 1 is 1.23 bits per heavy atom. The number of carbonyl (C=O) groups excluding carboxylic acids is 1. The van der Waals surface area contributed by atoms with Gasteiger partial charge in [0.2, 0.25) is 0 Å². The average molecular weight is 315 g/mol. The average Bonchev–Trinajstić information content (AvgIpc) is 2.97. The normalized spacial score (nSPS) is 13.7. The summed E-state index contributed by atoms with van der Waals surface area (Å²) in [6, 6.07) is 7.42. The molecular formula is C17H21N3OS. The summed E-state index contributed by atoms with van der Waals surface area (Å²) in [5.41, 5.74) is 8.55. The minimum absolute atomic E-state index is 0.0371. The first-order chi connectivity index (χ1) is 10.8. The summed E-state index contributed by atoms with van der Waals surface area (Å²) >= 11 is 1.81. The van der Waals surface area contributed by atoms with Crippen molar-refractivity contribution in [3.05, 3.63) is 51.0 Å². The predicted octanol–water partition coefficient (Wildman–Crippen LogP) is 2.45. The molecule has 2 aromatic rings. The third kappa shape index (κ3) is 3.54. The Balaban J connectivity index is 1.51. The Morgan fingerprint density at radius 2 is 2.00 bits per heavy atom. The number of nitrogens with two attached hydrogens (primary N) is 1. The number of hydrogen-bond acceptors (Lipinski definition) is 4. The zero-order chi connectivity index (χ0) is 15.4. The van der Waals surface area contributed by atoms with Crippen molar-refractivity contribution in [2.75, 3.05) is 6.54 Å². The lowest BCUT2D eigenvalue weighted by atomic mass is 10.0. The Hall–Kier alpha value is -1.72. The van der Waals surface area contributed by atoms with E-state index in [1.807, 2.05) is 35.6 Å². The summed E-state index contributed by atoms with van der Waals surface area (Å²) in [7, 11) is 0. The summed E-state index contributed by atoms with van der Waals surface area (Å²) in [6.07, 6.45) is 5.64. The molecule has 0 aliphatic heterocycles. The lowest BCUT2D eigenvalue weighted by molar-refractivity contribution is 0.0954. The molecule has 3 N–H and O–H groups in total. The molecule has 1 aliphatic rings. The van der Waals surface area contributed by atoms with E-state index in [-0.39, 0.29) is 5.91 Å². The van der Waals surface area contributed by atoms with Crippen LogP contribution in [0.2, 0.25) is 0 Å². The van der Waals surface area contributed by atoms with Crippen molar-refractivity contribution in [2.45, 2.75) is 38.6 Å². The first-order valence-corrected chi connectivity index (χ1v) is 8.62. The van der Waals surface area contributed by atoms with E-state index in [0.717, 1.165) is 23.4 Å². The molecule has 4 nitrogen and oxygen atoms in total. The van der Waals surface area contributed by atoms with Gasteiger partial charge in [0, 0.05) is 30.0 Å². The smallest absolute Gasteiger partial charge is 0.251 e. The minimum Gasteiger partial charge on any atom is -0.352 e. The highest BCUT2D eigenvalue weighted by Crippen LogP contribution is 2.26. The molecule has 0 atom stereocenters. The third-order valence-corrected chi connectivity index (χ3v) is 5.18. The molecule has 0 bridgehead atoms. The molecule has 0 spiro atoms. The fourth-order valence-electron chi connectivity index (χ4n) is 2.69. The van der Waals surface area contributed by atoms with E-state index in [4.69, 9.17) is 10.7 Å². The number of nitrogens with zero attached hydrogens (tertiary/aromatic N) is 1. The molecule has 0 radical (unpaired) electrons. The number of amides is 1. The number of hydrogen-bond donors (Lipinski definition) is 2. The highest BCUT2D eigenvalue weighted by molar-refractivity contribution is 7.11. The van der Waals surface area contributed by atoms with Crippen LogP contribution in [0.5, 0.6) is 0 Å². The summed E-state index contributed by atoms with van der Waals surface area (Å²) < 4.78 is 0. The number of nitrogens with one attached hydrogen (secondary N) is 1. The number of carbonyl (C=O) groups is 1. The molecular weight excluding hydrogens is 294 g/mol. The van der Waals surface area contributed by atoms with Crippen LogP contribution in [-0.4, -0.2) is 17.4 Å². The Bertz CT molecular complexity index is 625. The van der Waals surface area contributed by atoms with Crippen LogP contribution < -0.4 is 11.1 Å². The second-order valence-electron chi connectivity index (χ2n) is 5.59. The van der Waals surface area contributed by atoms with Crippen LogP contribution >= 0.6 is 11.3 Å². The maximum absolute atomic E-state index is 12.1. The number of aromatic nitrogens is 1. The van der Waals surface area contributed by atoms with Crippen LogP contribution in [0.3, 0.4) is 0 Å². The van der Waals surface area contributed by atoms with Crippen LogP contribution in [0.15, 0.2) is 24.3 Å². The number of benzene rings is 1. The van der Waals surface area contributed by atoms with Crippen LogP contribution in [0, 0.1) is 0 Å². The van der Waals surface area contributed by atoms with Crippen molar-refractivity contribution in [2.24, 2.45) is 5.73 Å². The first kappa shape index (κ1) is 15.2. The van der Waals surface area contributed by atoms with Crippen molar-refractivity contribution >= 4 is 17.2 Å². The van der Waals surface area contributed by atoms with Gasteiger partial charge in [-0.3, -0.25) is 4.79 Å². The summed E-state index contributed by atoms with van der Waals surface area (Å²) in [5.74, 6) is -0.0371. The molecule has 3 rings (SSSR count). The maximum atomic E-state index is 12.1. The predicted molar refractivity (Wildman–Crippen MR) is 89.1 cm³/mol. The van der Waals surface area contributed by atoms with Crippen molar-refractivity contribution in [1.29, 1.82) is 0 Å². The Kier molecular flexibility index (Phi) is 4.85. The van der Waals surface area contributed by atoms with Gasteiger partial charge < -0.3 is 11.1 Å². The molecule has 1 heterocycles. The topological polar surface area (TPSA) is 68.0 Å². The van der Waals surface area contributed by atoms with Gasteiger partial charge in [-0.15, -0.1) is 11.3 Å². The second kappa shape index (κ2) is 7.03. The van der Waals surface area contributed by atoms with Gasteiger partial charge in [0.05, 0.1) is 10.7 Å². The quantitative estimate of drug-likeness (QED) is 0.890. The first-order valence-electron chi connectivity index (χ1n) is 7.81. The molecule has 1 aromatic carbocycles. The van der Waals surface area contributed by atoms with E-state index < -0.39 is 0 Å². The summed E-state index contributed by atoms with van der Waals surface area (Å²) in [5, 5.41) is 4.11. The molecule has 1 amide bonds. The van der Waals surface area contributed by atoms with Crippen LogP contribution in [0.4, 0.5) is 0 Å². The van der Waals surface area contributed by atoms with E-state index in [0.29, 0.717) is 18.7 Å². The summed E-state index contributed by atoms with van der Waals surface area (Å²) in [6.45, 7) is 1.13. The van der Waals surface area contributed by atoms with Crippen molar-refractivity contribution in [3.8, 4) is 0 Å². The van der Waals surface area contributed by atoms with Crippen molar-refractivity contribution in [3.63, 3.8) is 0 Å². The largest absolute Gasteiger partial charge is 0.352 e. The lowest BCUT2D eigenvalue weighted by Gasteiger charge is -2.06. The fourth-order valence-corrected chi connectivity index (χ4v) is 3.85. The molecule has 0 saturated carbocycles. The zero-order valence-electron chi connectivity index (χ0n) is 12.6. The Morgan fingerprint density at radius 3 is 2.73 bits per heavy atom. The molecule has 5 heteroatoms. The second-order valence-corrected chi connectivity index (χ2v) is 6.76. The van der Waals surface area contributed by atoms with Gasteiger partial charge in [0.15, 0.2) is 0 Å². The molecule has 116 valence electrons. The number of fused-ring (bicyclic) bond motifs is 1. The van der Waals surface area contributed by atoms with Gasteiger partial charge in [0.1, 0.15) is 0 Å². The van der Waals surface area contributed by atoms with Crippen molar-refractivity contribution < 1.29 is 4.79 Å². The van der Waals surface area contributed by atoms with E-state index in [1.165, 1.54) is 29.8 Å². The van der Waals surface area contributed by atoms with E-state index in [2.05, 4.69) is 5.32 Å². The van der Waals surface area contributed by atoms with Gasteiger partial charge >= 0.3 is 0 Å². The van der Waals surface area contributed by atoms with Crippen molar-refractivity contribution in [1.82, 2.24) is 10.3 Å². The van der Waals surface area contributed by atoms with E-state index in [1.54, 1.807) is 0 Å². The number of aryl methyl sites for hydroxylation is 2. The zero-order valence-corrected chi connectivity index (χ0v) is 13.4. The van der Waals surface area contributed by atoms with Crippen LogP contribution in [0.1, 0.15) is 44.3 Å². The third-order valence-electron chi connectivity index (χ3n) is 3.97. The lowest BCUT2D eigenvalue weighted by Crippen LogP contribution is -2.25. The highest BCUT2D eigenvalue weighted by atomic mass is 32.1. The highest BCUT2D eigenvalue weighted by Gasteiger charge is 2.15. The van der Waals surface area contributed by atoms with Gasteiger partial charge in [0.25, 0.3) is 5.91 Å². The molecule has 1 aliphatic carbocycles. The van der Waals surface area contributed by atoms with Crippen LogP contribution in [-0.2, 0) is 25.8 Å². The maximum Gasteiger partial charge on any atom is 0.251 e. The fraction of sp³-hybridized carbons (Fsp3) is 0.412. The van der Waals surface area contributed by atoms with Gasteiger partial charge in [-0.25, -0.2) is 4.98 Å². The monoisotopic (exact) mass is 315 g/mol. The minimum atomic E-state index is -0.0371. The van der Waals surface area contributed by atoms with E-state index >= 15 is 0 Å². The molecule has 0 unspecified atom stereocenters.